The van der Waals surface area contributed by atoms with E-state index in [2.05, 4.69) is 10.3 Å². The van der Waals surface area contributed by atoms with Crippen LogP contribution in [0.3, 0.4) is 0 Å². The van der Waals surface area contributed by atoms with Crippen LogP contribution in [0, 0.1) is 11.6 Å². The number of hydrogen-bond donors (Lipinski definition) is 2. The average Bonchev–Trinajstić information content (AvgIpc) is 2.28. The highest BCUT2D eigenvalue weighted by Gasteiger charge is 2.07. The maximum atomic E-state index is 13.4. The van der Waals surface area contributed by atoms with Gasteiger partial charge in [-0.1, -0.05) is 11.6 Å². The lowest BCUT2D eigenvalue weighted by Crippen LogP contribution is -2.01. The topological polar surface area (TPSA) is 50.9 Å². The Hall–Kier alpha value is -1.88. The Balaban J connectivity index is 2.37. The molecule has 0 saturated carbocycles. The Kier molecular flexibility index (Phi) is 3.10. The highest BCUT2D eigenvalue weighted by molar-refractivity contribution is 6.29. The Labute approximate surface area is 101 Å². The van der Waals surface area contributed by atoms with E-state index < -0.39 is 11.6 Å². The summed E-state index contributed by atoms with van der Waals surface area (Å²) in [6.07, 6.45) is 0. The summed E-state index contributed by atoms with van der Waals surface area (Å²) in [6, 6.07) is 6.07. The lowest BCUT2D eigenvalue weighted by atomic mass is 10.3. The standard InChI is InChI=1S/C11H8ClF2N3/c12-10-4-3-8(15)11(17-10)16-9-5-6(13)1-2-7(9)14/h1-5H,15H2,(H,16,17). The number of rotatable bonds is 2. The van der Waals surface area contributed by atoms with Crippen molar-refractivity contribution < 1.29 is 8.78 Å². The number of aromatic nitrogens is 1. The number of hydrogen-bond acceptors (Lipinski definition) is 3. The zero-order valence-corrected chi connectivity index (χ0v) is 9.30. The van der Waals surface area contributed by atoms with Gasteiger partial charge in [-0.2, -0.15) is 0 Å². The summed E-state index contributed by atoms with van der Waals surface area (Å²) in [5.74, 6) is -0.982. The minimum atomic E-state index is -0.604. The Bertz CT molecular complexity index is 511. The highest BCUT2D eigenvalue weighted by atomic mass is 35.5. The molecule has 0 fully saturated rings. The van der Waals surface area contributed by atoms with Crippen molar-refractivity contribution in [1.29, 1.82) is 0 Å². The van der Waals surface area contributed by atoms with Gasteiger partial charge in [-0.3, -0.25) is 0 Å². The maximum Gasteiger partial charge on any atom is 0.155 e. The van der Waals surface area contributed by atoms with Crippen LogP contribution in [0.4, 0.5) is 26.0 Å². The van der Waals surface area contributed by atoms with Gasteiger partial charge < -0.3 is 11.1 Å². The lowest BCUT2D eigenvalue weighted by Gasteiger charge is -2.09. The van der Waals surface area contributed by atoms with Crippen LogP contribution >= 0.6 is 11.6 Å². The van der Waals surface area contributed by atoms with Gasteiger partial charge in [0.1, 0.15) is 16.8 Å². The molecule has 0 unspecified atom stereocenters. The van der Waals surface area contributed by atoms with Crippen molar-refractivity contribution in [3.8, 4) is 0 Å². The predicted octanol–water partition coefficient (Wildman–Crippen LogP) is 3.34. The first kappa shape index (κ1) is 11.6. The van der Waals surface area contributed by atoms with Crippen molar-refractivity contribution in [2.24, 2.45) is 0 Å². The van der Waals surface area contributed by atoms with Crippen molar-refractivity contribution >= 4 is 28.8 Å². The predicted molar refractivity (Wildman–Crippen MR) is 63.3 cm³/mol. The summed E-state index contributed by atoms with van der Waals surface area (Å²) in [5, 5.41) is 2.79. The summed E-state index contributed by atoms with van der Waals surface area (Å²) >= 11 is 5.68. The monoisotopic (exact) mass is 255 g/mol. The van der Waals surface area contributed by atoms with Crippen LogP contribution in [0.5, 0.6) is 0 Å². The van der Waals surface area contributed by atoms with Gasteiger partial charge in [-0.25, -0.2) is 13.8 Å². The van der Waals surface area contributed by atoms with Gasteiger partial charge in [0.05, 0.1) is 11.4 Å². The smallest absolute Gasteiger partial charge is 0.155 e. The third-order valence-corrected chi connectivity index (χ3v) is 2.28. The molecule has 1 heterocycles. The molecular formula is C11H8ClF2N3. The molecule has 0 amide bonds. The van der Waals surface area contributed by atoms with Gasteiger partial charge in [0.2, 0.25) is 0 Å². The second-order valence-corrected chi connectivity index (χ2v) is 3.71. The molecule has 0 saturated heterocycles. The number of benzene rings is 1. The van der Waals surface area contributed by atoms with Crippen molar-refractivity contribution in [2.45, 2.75) is 0 Å². The van der Waals surface area contributed by atoms with Crippen LogP contribution in [-0.2, 0) is 0 Å². The molecule has 0 aliphatic heterocycles. The van der Waals surface area contributed by atoms with Crippen LogP contribution in [0.25, 0.3) is 0 Å². The molecule has 0 aliphatic carbocycles. The van der Waals surface area contributed by atoms with Crippen LogP contribution in [-0.4, -0.2) is 4.98 Å². The van der Waals surface area contributed by atoms with E-state index in [1.807, 2.05) is 0 Å². The Morgan fingerprint density at radius 2 is 1.94 bits per heavy atom. The van der Waals surface area contributed by atoms with Gasteiger partial charge in [-0.05, 0) is 24.3 Å². The van der Waals surface area contributed by atoms with Gasteiger partial charge >= 0.3 is 0 Å². The largest absolute Gasteiger partial charge is 0.396 e. The molecular weight excluding hydrogens is 248 g/mol. The molecule has 1 aromatic carbocycles. The molecule has 0 spiro atoms. The number of nitrogens with zero attached hydrogens (tertiary/aromatic N) is 1. The number of nitrogens with one attached hydrogen (secondary N) is 1. The normalized spacial score (nSPS) is 10.3. The molecule has 88 valence electrons. The van der Waals surface area contributed by atoms with E-state index in [-0.39, 0.29) is 22.3 Å². The minimum absolute atomic E-state index is 0.0496. The quantitative estimate of drug-likeness (QED) is 0.809. The molecule has 0 aliphatic rings. The Morgan fingerprint density at radius 1 is 1.18 bits per heavy atom. The lowest BCUT2D eigenvalue weighted by molar-refractivity contribution is 0.603. The third-order valence-electron chi connectivity index (χ3n) is 2.07. The fourth-order valence-electron chi connectivity index (χ4n) is 1.27. The Morgan fingerprint density at radius 3 is 2.71 bits per heavy atom. The molecule has 2 rings (SSSR count). The van der Waals surface area contributed by atoms with Gasteiger partial charge in [0.25, 0.3) is 0 Å². The maximum absolute atomic E-state index is 13.4. The van der Waals surface area contributed by atoms with Gasteiger partial charge in [0, 0.05) is 6.07 Å². The number of nitrogen functional groups attached to an aromatic ring is 1. The van der Waals surface area contributed by atoms with E-state index in [1.165, 1.54) is 12.1 Å². The molecule has 0 atom stereocenters. The molecule has 3 nitrogen and oxygen atoms in total. The van der Waals surface area contributed by atoms with E-state index in [0.29, 0.717) is 0 Å². The minimum Gasteiger partial charge on any atom is -0.396 e. The molecule has 1 aromatic heterocycles. The van der Waals surface area contributed by atoms with Gasteiger partial charge in [-0.15, -0.1) is 0 Å². The average molecular weight is 256 g/mol. The second-order valence-electron chi connectivity index (χ2n) is 3.32. The number of halogens is 3. The second kappa shape index (κ2) is 4.55. The van der Waals surface area contributed by atoms with Crippen molar-refractivity contribution in [1.82, 2.24) is 4.98 Å². The SMILES string of the molecule is Nc1ccc(Cl)nc1Nc1cc(F)ccc1F. The van der Waals surface area contributed by atoms with E-state index in [4.69, 9.17) is 17.3 Å². The molecule has 0 bridgehead atoms. The number of anilines is 3. The fraction of sp³-hybridized carbons (Fsp3) is 0. The number of pyridine rings is 1. The number of nitrogens with two attached hydrogens (primary N) is 1. The van der Waals surface area contributed by atoms with Crippen LogP contribution < -0.4 is 11.1 Å². The van der Waals surface area contributed by atoms with Crippen molar-refractivity contribution in [3.05, 3.63) is 47.1 Å². The first-order chi connectivity index (χ1) is 8.06. The summed E-state index contributed by atoms with van der Waals surface area (Å²) in [7, 11) is 0. The molecule has 0 radical (unpaired) electrons. The summed E-state index contributed by atoms with van der Waals surface area (Å²) in [6.45, 7) is 0. The fourth-order valence-corrected chi connectivity index (χ4v) is 1.41. The van der Waals surface area contributed by atoms with Gasteiger partial charge in [0.15, 0.2) is 5.82 Å². The molecule has 3 N–H and O–H groups in total. The van der Waals surface area contributed by atoms with Crippen molar-refractivity contribution in [3.63, 3.8) is 0 Å². The summed E-state index contributed by atoms with van der Waals surface area (Å²) in [5.41, 5.74) is 5.87. The molecule has 17 heavy (non-hydrogen) atoms. The molecule has 2 aromatic rings. The van der Waals surface area contributed by atoms with E-state index >= 15 is 0 Å². The molecule has 6 heteroatoms. The summed E-state index contributed by atoms with van der Waals surface area (Å²) in [4.78, 5) is 3.88. The first-order valence-electron chi connectivity index (χ1n) is 4.70. The van der Waals surface area contributed by atoms with Crippen molar-refractivity contribution in [2.75, 3.05) is 11.1 Å². The van der Waals surface area contributed by atoms with E-state index in [9.17, 15) is 8.78 Å². The van der Waals surface area contributed by atoms with E-state index in [0.717, 1.165) is 18.2 Å². The zero-order chi connectivity index (χ0) is 12.4. The third kappa shape index (κ3) is 2.62. The van der Waals surface area contributed by atoms with Crippen LogP contribution in [0.2, 0.25) is 5.15 Å². The highest BCUT2D eigenvalue weighted by Crippen LogP contribution is 2.25. The first-order valence-corrected chi connectivity index (χ1v) is 5.08. The zero-order valence-electron chi connectivity index (χ0n) is 8.55. The van der Waals surface area contributed by atoms with Crippen LogP contribution in [0.15, 0.2) is 30.3 Å². The van der Waals surface area contributed by atoms with E-state index in [1.54, 1.807) is 0 Å². The van der Waals surface area contributed by atoms with Crippen LogP contribution in [0.1, 0.15) is 0 Å². The summed E-state index contributed by atoms with van der Waals surface area (Å²) < 4.78 is 26.3.